The van der Waals surface area contributed by atoms with Crippen molar-refractivity contribution >= 4 is 33.2 Å². The summed E-state index contributed by atoms with van der Waals surface area (Å²) in [5.41, 5.74) is 0.911. The van der Waals surface area contributed by atoms with Crippen molar-refractivity contribution in [2.45, 2.75) is 11.4 Å². The van der Waals surface area contributed by atoms with Crippen LogP contribution >= 0.6 is 23.2 Å². The minimum atomic E-state index is -3.71. The second-order valence-corrected chi connectivity index (χ2v) is 9.77. The number of rotatable bonds is 6. The summed E-state index contributed by atoms with van der Waals surface area (Å²) >= 11 is 12.1. The van der Waals surface area contributed by atoms with Gasteiger partial charge in [0.25, 0.3) is 0 Å². The van der Waals surface area contributed by atoms with Gasteiger partial charge in [-0.3, -0.25) is 4.90 Å². The van der Waals surface area contributed by atoms with Crippen LogP contribution in [0.4, 0.5) is 0 Å². The molecule has 0 N–H and O–H groups in total. The number of hydrogen-bond donors (Lipinski definition) is 0. The number of oxazole rings is 1. The number of ether oxygens (including phenoxy) is 1. The number of methoxy groups -OCH3 is 1. The molecule has 10 heteroatoms. The molecule has 1 aromatic heterocycles. The first-order valence-corrected chi connectivity index (χ1v) is 11.8. The fraction of sp³-hybridized carbons (Fsp3) is 0.286. The number of nitrogens with zero attached hydrogens (tertiary/aromatic N) is 3. The van der Waals surface area contributed by atoms with Crippen LogP contribution in [0, 0.1) is 0 Å². The zero-order valence-electron chi connectivity index (χ0n) is 16.8. The first-order chi connectivity index (χ1) is 14.9. The van der Waals surface area contributed by atoms with Crippen LogP contribution in [0.3, 0.4) is 0 Å². The average molecular weight is 482 g/mol. The smallest absolute Gasteiger partial charge is 0.244 e. The van der Waals surface area contributed by atoms with E-state index >= 15 is 0 Å². The van der Waals surface area contributed by atoms with Crippen molar-refractivity contribution in [2.75, 3.05) is 33.3 Å². The number of aromatic nitrogens is 1. The first kappa shape index (κ1) is 22.1. The van der Waals surface area contributed by atoms with Crippen LogP contribution < -0.4 is 4.74 Å². The summed E-state index contributed by atoms with van der Waals surface area (Å²) in [7, 11) is -2.09. The van der Waals surface area contributed by atoms with Crippen LogP contribution in [-0.2, 0) is 16.6 Å². The molecule has 3 aromatic rings. The molecule has 164 valence electrons. The Morgan fingerprint density at radius 1 is 1.06 bits per heavy atom. The molecule has 1 saturated heterocycles. The molecule has 1 aliphatic rings. The normalized spacial score (nSPS) is 15.8. The molecule has 2 aromatic carbocycles. The molecular formula is C21H21Cl2N3O4S. The fourth-order valence-corrected chi connectivity index (χ4v) is 5.57. The lowest BCUT2D eigenvalue weighted by Gasteiger charge is -2.33. The molecule has 0 unspecified atom stereocenters. The van der Waals surface area contributed by atoms with Crippen molar-refractivity contribution < 1.29 is 17.6 Å². The lowest BCUT2D eigenvalue weighted by molar-refractivity contribution is 0.169. The van der Waals surface area contributed by atoms with Crippen molar-refractivity contribution in [2.24, 2.45) is 0 Å². The highest BCUT2D eigenvalue weighted by atomic mass is 35.5. The van der Waals surface area contributed by atoms with E-state index in [1.807, 2.05) is 24.3 Å². The van der Waals surface area contributed by atoms with Gasteiger partial charge in [-0.1, -0.05) is 29.3 Å². The summed E-state index contributed by atoms with van der Waals surface area (Å²) < 4.78 is 38.4. The number of sulfonamides is 1. The molecule has 4 rings (SSSR count). The van der Waals surface area contributed by atoms with Crippen molar-refractivity contribution in [1.29, 1.82) is 0 Å². The highest BCUT2D eigenvalue weighted by Crippen LogP contribution is 2.31. The van der Waals surface area contributed by atoms with Crippen molar-refractivity contribution in [1.82, 2.24) is 14.2 Å². The lowest BCUT2D eigenvalue weighted by Crippen LogP contribution is -2.48. The third kappa shape index (κ3) is 4.73. The van der Waals surface area contributed by atoms with E-state index in [1.165, 1.54) is 10.4 Å². The number of benzene rings is 2. The van der Waals surface area contributed by atoms with E-state index in [2.05, 4.69) is 9.88 Å². The SMILES string of the molecule is COc1ccc(-c2cnc(CN3CCN(S(=O)(=O)c4cccc(Cl)c4Cl)CC3)o2)cc1. The van der Waals surface area contributed by atoms with Crippen molar-refractivity contribution in [3.63, 3.8) is 0 Å². The van der Waals surface area contributed by atoms with Gasteiger partial charge in [0.2, 0.25) is 15.9 Å². The molecule has 7 nitrogen and oxygen atoms in total. The van der Waals surface area contributed by atoms with Crippen LogP contribution in [0.5, 0.6) is 5.75 Å². The Hall–Kier alpha value is -2.10. The van der Waals surface area contributed by atoms with Crippen LogP contribution in [-0.4, -0.2) is 55.9 Å². The van der Waals surface area contributed by atoms with Crippen LogP contribution in [0.15, 0.2) is 58.0 Å². The van der Waals surface area contributed by atoms with Crippen LogP contribution in [0.2, 0.25) is 10.0 Å². The van der Waals surface area contributed by atoms with E-state index in [4.69, 9.17) is 32.4 Å². The molecule has 1 aliphatic heterocycles. The van der Waals surface area contributed by atoms with Gasteiger partial charge in [0.1, 0.15) is 10.6 Å². The Kier molecular flexibility index (Phi) is 6.55. The standard InChI is InChI=1S/C21H21Cl2N3O4S/c1-29-16-7-5-15(6-8-16)18-13-24-20(30-18)14-25-9-11-26(12-10-25)31(27,28)19-4-2-3-17(22)21(19)23/h2-8,13H,9-12,14H2,1H3. The topological polar surface area (TPSA) is 75.9 Å². The quantitative estimate of drug-likeness (QED) is 0.525. The summed E-state index contributed by atoms with van der Waals surface area (Å²) in [6.45, 7) is 2.30. The summed E-state index contributed by atoms with van der Waals surface area (Å²) in [5, 5.41) is 0.273. The molecule has 0 amide bonds. The van der Waals surface area contributed by atoms with Crippen molar-refractivity contribution in [3.8, 4) is 17.1 Å². The summed E-state index contributed by atoms with van der Waals surface area (Å²) in [6, 6.07) is 12.2. The molecular weight excluding hydrogens is 461 g/mol. The molecule has 0 saturated carbocycles. The second kappa shape index (κ2) is 9.18. The third-order valence-corrected chi connectivity index (χ3v) is 8.02. The number of halogens is 2. The van der Waals surface area contributed by atoms with E-state index < -0.39 is 10.0 Å². The Morgan fingerprint density at radius 2 is 1.77 bits per heavy atom. The minimum Gasteiger partial charge on any atom is -0.497 e. The fourth-order valence-electron chi connectivity index (χ4n) is 3.41. The monoisotopic (exact) mass is 481 g/mol. The highest BCUT2D eigenvalue weighted by molar-refractivity contribution is 7.89. The average Bonchev–Trinajstić information content (AvgIpc) is 3.24. The van der Waals surface area contributed by atoms with E-state index in [-0.39, 0.29) is 14.9 Å². The molecule has 31 heavy (non-hydrogen) atoms. The Bertz CT molecular complexity index is 1160. The minimum absolute atomic E-state index is 0.0342. The van der Waals surface area contributed by atoms with Gasteiger partial charge in [-0.2, -0.15) is 4.31 Å². The molecule has 0 bridgehead atoms. The largest absolute Gasteiger partial charge is 0.497 e. The maximum absolute atomic E-state index is 13.0. The molecule has 0 spiro atoms. The second-order valence-electron chi connectivity index (χ2n) is 7.08. The molecule has 0 aliphatic carbocycles. The maximum Gasteiger partial charge on any atom is 0.244 e. The Morgan fingerprint density at radius 3 is 2.45 bits per heavy atom. The predicted octanol–water partition coefficient (Wildman–Crippen LogP) is 4.16. The highest BCUT2D eigenvalue weighted by Gasteiger charge is 2.31. The van der Waals surface area contributed by atoms with Gasteiger partial charge < -0.3 is 9.15 Å². The van der Waals surface area contributed by atoms with Gasteiger partial charge in [-0.05, 0) is 36.4 Å². The van der Waals surface area contributed by atoms with Gasteiger partial charge in [0.15, 0.2) is 5.76 Å². The maximum atomic E-state index is 13.0. The van der Waals surface area contributed by atoms with E-state index in [0.717, 1.165) is 11.3 Å². The van der Waals surface area contributed by atoms with Gasteiger partial charge in [0, 0.05) is 31.7 Å². The summed E-state index contributed by atoms with van der Waals surface area (Å²) in [6.07, 6.45) is 1.69. The summed E-state index contributed by atoms with van der Waals surface area (Å²) in [5.74, 6) is 2.03. The number of piperazine rings is 1. The lowest BCUT2D eigenvalue weighted by atomic mass is 10.2. The van der Waals surface area contributed by atoms with Gasteiger partial charge in [0.05, 0.1) is 29.9 Å². The predicted molar refractivity (Wildman–Crippen MR) is 119 cm³/mol. The molecule has 2 heterocycles. The van der Waals surface area contributed by atoms with Crippen molar-refractivity contribution in [3.05, 3.63) is 64.6 Å². The molecule has 0 radical (unpaired) electrons. The van der Waals surface area contributed by atoms with Crippen LogP contribution in [0.1, 0.15) is 5.89 Å². The third-order valence-electron chi connectivity index (χ3n) is 5.15. The molecule has 0 atom stereocenters. The number of hydrogen-bond acceptors (Lipinski definition) is 6. The van der Waals surface area contributed by atoms with E-state index in [9.17, 15) is 8.42 Å². The van der Waals surface area contributed by atoms with Crippen LogP contribution in [0.25, 0.3) is 11.3 Å². The zero-order valence-corrected chi connectivity index (χ0v) is 19.1. The van der Waals surface area contributed by atoms with Gasteiger partial charge >= 0.3 is 0 Å². The summed E-state index contributed by atoms with van der Waals surface area (Å²) in [4.78, 5) is 6.50. The Labute approximate surface area is 191 Å². The van der Waals surface area contributed by atoms with Gasteiger partial charge in [-0.15, -0.1) is 0 Å². The van der Waals surface area contributed by atoms with Gasteiger partial charge in [-0.25, -0.2) is 13.4 Å². The van der Waals surface area contributed by atoms with E-state index in [1.54, 1.807) is 25.4 Å². The van der Waals surface area contributed by atoms with E-state index in [0.29, 0.717) is 44.4 Å². The first-order valence-electron chi connectivity index (χ1n) is 9.64. The zero-order chi connectivity index (χ0) is 22.0. The Balaban J connectivity index is 1.38. The molecule has 1 fully saturated rings.